The molecule has 0 fully saturated rings. The fourth-order valence-electron chi connectivity index (χ4n) is 5.91. The Morgan fingerprint density at radius 3 is 1.17 bits per heavy atom. The summed E-state index contributed by atoms with van der Waals surface area (Å²) in [6.07, 6.45) is 0. The minimum atomic E-state index is 0.581. The summed E-state index contributed by atoms with van der Waals surface area (Å²) in [6, 6.07) is 39.5. The molecule has 2 aromatic carbocycles. The first kappa shape index (κ1) is 27.1. The molecule has 0 amide bonds. The van der Waals surface area contributed by atoms with Crippen molar-refractivity contribution in [2.75, 3.05) is 0 Å². The highest BCUT2D eigenvalue weighted by atomic mass is 32.1. The summed E-state index contributed by atoms with van der Waals surface area (Å²) in [4.78, 5) is 12.9. The zero-order valence-electron chi connectivity index (χ0n) is 23.8. The second kappa shape index (κ2) is 10.8. The maximum absolute atomic E-state index is 6.32. The van der Waals surface area contributed by atoms with Gasteiger partial charge in [0.15, 0.2) is 0 Å². The molecule has 10 rings (SSSR count). The Bertz CT molecular complexity index is 2470. The number of furan rings is 2. The second-order valence-electron chi connectivity index (χ2n) is 10.9. The van der Waals surface area contributed by atoms with Crippen molar-refractivity contribution in [2.45, 2.75) is 0 Å². The summed E-state index contributed by atoms with van der Waals surface area (Å²) in [5, 5.41) is 7.47. The van der Waals surface area contributed by atoms with E-state index in [1.54, 1.807) is 22.7 Å². The standard InChI is InChI=1S/C38H20O2S6/c1-3-29(41-17-1)31-13-15-35(45-31)33-11-9-27(43-33)21-5-7-23-25(19-21)39-38-37(23)24-8-6-22(20-26(24)40-38)28-10-12-34(44-28)36-16-14-32(46-36)30-4-2-18-42-30/h1-20H. The molecule has 8 aromatic heterocycles. The molecule has 0 bridgehead atoms. The molecular weight excluding hydrogens is 681 g/mol. The summed E-state index contributed by atoms with van der Waals surface area (Å²) in [7, 11) is 0. The first-order chi connectivity index (χ1) is 22.7. The van der Waals surface area contributed by atoms with Gasteiger partial charge in [-0.2, -0.15) is 0 Å². The summed E-state index contributed by atoms with van der Waals surface area (Å²) in [6.45, 7) is 0. The topological polar surface area (TPSA) is 26.3 Å². The molecule has 0 aliphatic carbocycles. The molecule has 220 valence electrons. The minimum Gasteiger partial charge on any atom is -0.425 e. The van der Waals surface area contributed by atoms with E-state index in [9.17, 15) is 0 Å². The van der Waals surface area contributed by atoms with Gasteiger partial charge in [0.25, 0.3) is 5.78 Å². The Morgan fingerprint density at radius 1 is 0.370 bits per heavy atom. The quantitative estimate of drug-likeness (QED) is 0.173. The summed E-state index contributed by atoms with van der Waals surface area (Å²) in [5.41, 5.74) is 4.01. The third kappa shape index (κ3) is 4.52. The predicted molar refractivity (Wildman–Crippen MR) is 203 cm³/mol. The Labute approximate surface area is 287 Å². The van der Waals surface area contributed by atoms with Crippen LogP contribution in [0.4, 0.5) is 0 Å². The smallest absolute Gasteiger partial charge is 0.299 e. The lowest BCUT2D eigenvalue weighted by Crippen LogP contribution is -1.74. The average Bonchev–Trinajstić information content (AvgIpc) is 3.93. The first-order valence-electron chi connectivity index (χ1n) is 14.6. The van der Waals surface area contributed by atoms with E-state index in [0.29, 0.717) is 5.78 Å². The normalized spacial score (nSPS) is 11.9. The minimum absolute atomic E-state index is 0.581. The first-order valence-corrected chi connectivity index (χ1v) is 19.6. The Balaban J connectivity index is 0.944. The van der Waals surface area contributed by atoms with Gasteiger partial charge in [0, 0.05) is 59.5 Å². The maximum atomic E-state index is 6.32. The third-order valence-corrected chi connectivity index (χ3v) is 15.1. The van der Waals surface area contributed by atoms with Crippen LogP contribution in [0.25, 0.3) is 93.0 Å². The number of hydrogen-bond acceptors (Lipinski definition) is 8. The lowest BCUT2D eigenvalue weighted by Gasteiger charge is -1.99. The monoisotopic (exact) mass is 700 g/mol. The van der Waals surface area contributed by atoms with Crippen LogP contribution < -0.4 is 0 Å². The third-order valence-electron chi connectivity index (χ3n) is 8.12. The van der Waals surface area contributed by atoms with Gasteiger partial charge in [0.1, 0.15) is 11.2 Å². The Hall–Kier alpha value is -4.02. The molecule has 0 saturated carbocycles. The number of benzene rings is 2. The summed E-state index contributed by atoms with van der Waals surface area (Å²) in [5.74, 6) is 0.581. The second-order valence-corrected chi connectivity index (χ2v) is 17.1. The van der Waals surface area contributed by atoms with E-state index in [1.165, 1.54) is 48.8 Å². The lowest BCUT2D eigenvalue weighted by molar-refractivity contribution is 0.524. The van der Waals surface area contributed by atoms with Crippen LogP contribution in [0.1, 0.15) is 0 Å². The van der Waals surface area contributed by atoms with Crippen molar-refractivity contribution in [3.8, 4) is 59.9 Å². The molecule has 0 atom stereocenters. The van der Waals surface area contributed by atoms with Crippen LogP contribution in [0.3, 0.4) is 0 Å². The van der Waals surface area contributed by atoms with E-state index < -0.39 is 0 Å². The fraction of sp³-hybridized carbons (Fsp3) is 0. The SMILES string of the molecule is c1csc(-c2ccc(-c3ccc(-c4ccc5c(c4)oc4oc6cc(-c7ccc(-c8ccc(-c9cccs9)s8)s7)ccc6c45)s3)s2)c1. The van der Waals surface area contributed by atoms with E-state index >= 15 is 0 Å². The lowest BCUT2D eigenvalue weighted by atomic mass is 10.1. The molecule has 0 N–H and O–H groups in total. The van der Waals surface area contributed by atoms with Gasteiger partial charge < -0.3 is 8.83 Å². The highest BCUT2D eigenvalue weighted by Gasteiger charge is 2.18. The zero-order chi connectivity index (χ0) is 30.2. The molecule has 0 aliphatic heterocycles. The van der Waals surface area contributed by atoms with Gasteiger partial charge in [-0.1, -0.05) is 24.3 Å². The predicted octanol–water partition coefficient (Wildman–Crippen LogP) is 14.7. The molecule has 0 unspecified atom stereocenters. The number of thiophene rings is 6. The van der Waals surface area contributed by atoms with Crippen LogP contribution in [0.15, 0.2) is 129 Å². The zero-order valence-corrected chi connectivity index (χ0v) is 28.7. The van der Waals surface area contributed by atoms with E-state index in [2.05, 4.69) is 120 Å². The van der Waals surface area contributed by atoms with Crippen molar-refractivity contribution in [1.82, 2.24) is 0 Å². The van der Waals surface area contributed by atoms with Crippen LogP contribution in [-0.4, -0.2) is 0 Å². The van der Waals surface area contributed by atoms with Crippen molar-refractivity contribution in [3.63, 3.8) is 0 Å². The summed E-state index contributed by atoms with van der Waals surface area (Å²) < 4.78 is 12.6. The van der Waals surface area contributed by atoms with Gasteiger partial charge in [-0.05, 0) is 107 Å². The Kier molecular flexibility index (Phi) is 6.35. The largest absolute Gasteiger partial charge is 0.425 e. The van der Waals surface area contributed by atoms with Gasteiger partial charge in [-0.3, -0.25) is 0 Å². The van der Waals surface area contributed by atoms with Crippen LogP contribution in [0.2, 0.25) is 0 Å². The van der Waals surface area contributed by atoms with Crippen molar-refractivity contribution >= 4 is 101 Å². The van der Waals surface area contributed by atoms with Crippen LogP contribution in [-0.2, 0) is 0 Å². The van der Waals surface area contributed by atoms with Gasteiger partial charge in [0.2, 0.25) is 0 Å². The highest BCUT2D eigenvalue weighted by molar-refractivity contribution is 7.27. The van der Waals surface area contributed by atoms with E-state index in [0.717, 1.165) is 38.5 Å². The molecule has 10 aromatic rings. The molecule has 8 heterocycles. The average molecular weight is 701 g/mol. The van der Waals surface area contributed by atoms with Gasteiger partial charge in [-0.15, -0.1) is 68.0 Å². The maximum Gasteiger partial charge on any atom is 0.299 e. The molecular formula is C38H20O2S6. The van der Waals surface area contributed by atoms with E-state index in [-0.39, 0.29) is 0 Å². The molecule has 8 heteroatoms. The van der Waals surface area contributed by atoms with Crippen molar-refractivity contribution in [2.24, 2.45) is 0 Å². The fourth-order valence-corrected chi connectivity index (χ4v) is 11.8. The van der Waals surface area contributed by atoms with E-state index in [1.807, 2.05) is 45.3 Å². The summed E-state index contributed by atoms with van der Waals surface area (Å²) >= 11 is 10.9. The molecule has 0 radical (unpaired) electrons. The van der Waals surface area contributed by atoms with Crippen molar-refractivity contribution < 1.29 is 8.83 Å². The molecule has 0 aliphatic rings. The van der Waals surface area contributed by atoms with Crippen LogP contribution in [0, 0.1) is 0 Å². The van der Waals surface area contributed by atoms with E-state index in [4.69, 9.17) is 8.83 Å². The van der Waals surface area contributed by atoms with Crippen LogP contribution in [0.5, 0.6) is 0 Å². The molecule has 2 nitrogen and oxygen atoms in total. The number of fused-ring (bicyclic) bond motifs is 5. The van der Waals surface area contributed by atoms with Crippen molar-refractivity contribution in [1.29, 1.82) is 0 Å². The number of hydrogen-bond donors (Lipinski definition) is 0. The van der Waals surface area contributed by atoms with Crippen molar-refractivity contribution in [3.05, 3.63) is 120 Å². The van der Waals surface area contributed by atoms with Crippen LogP contribution >= 0.6 is 68.0 Å². The van der Waals surface area contributed by atoms with Gasteiger partial charge in [-0.25, -0.2) is 0 Å². The van der Waals surface area contributed by atoms with Gasteiger partial charge in [0.05, 0.1) is 5.39 Å². The molecule has 0 spiro atoms. The highest BCUT2D eigenvalue weighted by Crippen LogP contribution is 2.45. The molecule has 0 saturated heterocycles. The van der Waals surface area contributed by atoms with Gasteiger partial charge >= 0.3 is 0 Å². The Morgan fingerprint density at radius 2 is 0.761 bits per heavy atom. The molecule has 46 heavy (non-hydrogen) atoms. The number of rotatable bonds is 6.